The Bertz CT molecular complexity index is 898. The van der Waals surface area contributed by atoms with E-state index in [1.54, 1.807) is 24.5 Å². The van der Waals surface area contributed by atoms with E-state index in [-0.39, 0.29) is 18.0 Å². The number of furan rings is 1. The van der Waals surface area contributed by atoms with Crippen molar-refractivity contribution in [2.45, 2.75) is 25.7 Å². The highest BCUT2D eigenvalue weighted by Gasteiger charge is 2.17. The number of hydrogen-bond donors (Lipinski definition) is 1. The first-order valence-electron chi connectivity index (χ1n) is 7.77. The number of para-hydroxylation sites is 1. The summed E-state index contributed by atoms with van der Waals surface area (Å²) < 4.78 is 19.2. The lowest BCUT2D eigenvalue weighted by molar-refractivity contribution is -0.115. The Morgan fingerprint density at radius 1 is 1.17 bits per heavy atom. The normalized spacial score (nSPS) is 13.3. The molecule has 1 aliphatic carbocycles. The summed E-state index contributed by atoms with van der Waals surface area (Å²) in [6.07, 6.45) is 5.14. The molecule has 2 aromatic carbocycles. The highest BCUT2D eigenvalue weighted by atomic mass is 19.1. The van der Waals surface area contributed by atoms with Gasteiger partial charge < -0.3 is 9.73 Å². The van der Waals surface area contributed by atoms with Crippen LogP contribution in [0.4, 0.5) is 10.1 Å². The van der Waals surface area contributed by atoms with E-state index in [0.29, 0.717) is 0 Å². The number of fused-ring (bicyclic) bond motifs is 2. The highest BCUT2D eigenvalue weighted by Crippen LogP contribution is 2.30. The second-order valence-electron chi connectivity index (χ2n) is 5.94. The van der Waals surface area contributed by atoms with Gasteiger partial charge in [0.05, 0.1) is 18.4 Å². The minimum Gasteiger partial charge on any atom is -0.464 e. The van der Waals surface area contributed by atoms with Gasteiger partial charge in [0, 0.05) is 10.9 Å². The van der Waals surface area contributed by atoms with Crippen molar-refractivity contribution in [3.63, 3.8) is 0 Å². The fraction of sp³-hybridized carbons (Fsp3) is 0.211. The maximum absolute atomic E-state index is 13.6. The molecule has 0 spiro atoms. The van der Waals surface area contributed by atoms with Crippen LogP contribution in [-0.2, 0) is 24.1 Å². The molecule has 1 amide bonds. The van der Waals surface area contributed by atoms with Gasteiger partial charge in [0.25, 0.3) is 0 Å². The van der Waals surface area contributed by atoms with Crippen LogP contribution < -0.4 is 5.32 Å². The molecule has 0 radical (unpaired) electrons. The van der Waals surface area contributed by atoms with Crippen molar-refractivity contribution in [3.8, 4) is 0 Å². The fourth-order valence-electron chi connectivity index (χ4n) is 3.21. The topological polar surface area (TPSA) is 42.2 Å². The molecule has 4 heteroatoms. The second kappa shape index (κ2) is 5.54. The summed E-state index contributed by atoms with van der Waals surface area (Å²) in [6.45, 7) is 0. The number of carbonyl (C=O) groups excluding carboxylic acids is 1. The molecular formula is C19H16FNO2. The maximum Gasteiger partial charge on any atom is 0.229 e. The van der Waals surface area contributed by atoms with Crippen molar-refractivity contribution < 1.29 is 13.6 Å². The van der Waals surface area contributed by atoms with Gasteiger partial charge in [-0.25, -0.2) is 4.39 Å². The van der Waals surface area contributed by atoms with Crippen LogP contribution in [-0.4, -0.2) is 5.91 Å². The van der Waals surface area contributed by atoms with E-state index in [4.69, 9.17) is 4.42 Å². The molecule has 0 fully saturated rings. The number of carbonyl (C=O) groups is 1. The van der Waals surface area contributed by atoms with Crippen LogP contribution in [0, 0.1) is 5.82 Å². The van der Waals surface area contributed by atoms with E-state index in [2.05, 4.69) is 17.4 Å². The van der Waals surface area contributed by atoms with Crippen LogP contribution in [0.15, 0.2) is 47.1 Å². The number of rotatable bonds is 3. The summed E-state index contributed by atoms with van der Waals surface area (Å²) in [5.41, 5.74) is 4.54. The van der Waals surface area contributed by atoms with Gasteiger partial charge in [-0.3, -0.25) is 4.79 Å². The van der Waals surface area contributed by atoms with Crippen molar-refractivity contribution in [3.05, 3.63) is 65.2 Å². The Hall–Kier alpha value is -2.62. The summed E-state index contributed by atoms with van der Waals surface area (Å²) in [4.78, 5) is 12.2. The van der Waals surface area contributed by atoms with Crippen molar-refractivity contribution in [2.24, 2.45) is 0 Å². The molecule has 0 bridgehead atoms. The Kier molecular flexibility index (Phi) is 3.37. The minimum atomic E-state index is -0.435. The van der Waals surface area contributed by atoms with Gasteiger partial charge in [0.1, 0.15) is 11.4 Å². The molecule has 1 aromatic heterocycles. The Labute approximate surface area is 133 Å². The van der Waals surface area contributed by atoms with E-state index in [1.165, 1.54) is 23.6 Å². The summed E-state index contributed by atoms with van der Waals surface area (Å²) in [7, 11) is 0. The largest absolute Gasteiger partial charge is 0.464 e. The summed E-state index contributed by atoms with van der Waals surface area (Å²) in [6, 6.07) is 10.4. The quantitative estimate of drug-likeness (QED) is 0.786. The summed E-state index contributed by atoms with van der Waals surface area (Å²) in [5.74, 6) is -0.686. The third kappa shape index (κ3) is 2.61. The molecule has 116 valence electrons. The van der Waals surface area contributed by atoms with E-state index < -0.39 is 5.82 Å². The van der Waals surface area contributed by atoms with Crippen molar-refractivity contribution in [1.82, 2.24) is 0 Å². The lowest BCUT2D eigenvalue weighted by Gasteiger charge is -2.05. The minimum absolute atomic E-state index is 0.167. The van der Waals surface area contributed by atoms with E-state index in [9.17, 15) is 9.18 Å². The number of amides is 1. The van der Waals surface area contributed by atoms with Gasteiger partial charge in [-0.2, -0.15) is 0 Å². The number of aryl methyl sites for hydroxylation is 2. The van der Waals surface area contributed by atoms with Crippen LogP contribution >= 0.6 is 0 Å². The number of benzene rings is 2. The van der Waals surface area contributed by atoms with Gasteiger partial charge in [-0.15, -0.1) is 0 Å². The first-order chi connectivity index (χ1) is 11.2. The predicted octanol–water partition coefficient (Wildman–Crippen LogP) is 4.24. The average Bonchev–Trinajstić information content (AvgIpc) is 3.14. The van der Waals surface area contributed by atoms with Crippen molar-refractivity contribution >= 4 is 22.6 Å². The SMILES string of the molecule is O=C(Cc1coc2cc3c(cc12)CCC3)Nc1ccccc1F. The van der Waals surface area contributed by atoms with Gasteiger partial charge in [-0.05, 0) is 54.7 Å². The van der Waals surface area contributed by atoms with Gasteiger partial charge >= 0.3 is 0 Å². The lowest BCUT2D eigenvalue weighted by atomic mass is 10.0. The lowest BCUT2D eigenvalue weighted by Crippen LogP contribution is -2.15. The first kappa shape index (κ1) is 14.0. The molecule has 4 rings (SSSR count). The van der Waals surface area contributed by atoms with Gasteiger partial charge in [0.15, 0.2) is 0 Å². The van der Waals surface area contributed by atoms with Crippen LogP contribution in [0.3, 0.4) is 0 Å². The smallest absolute Gasteiger partial charge is 0.229 e. The van der Waals surface area contributed by atoms with Crippen LogP contribution in [0.25, 0.3) is 11.0 Å². The molecule has 0 saturated carbocycles. The third-order valence-corrected chi connectivity index (χ3v) is 4.37. The van der Waals surface area contributed by atoms with Gasteiger partial charge in [-0.1, -0.05) is 12.1 Å². The molecule has 0 aliphatic heterocycles. The fourth-order valence-corrected chi connectivity index (χ4v) is 3.21. The molecule has 0 saturated heterocycles. The van der Waals surface area contributed by atoms with Crippen LogP contribution in [0.5, 0.6) is 0 Å². The molecule has 0 atom stereocenters. The molecule has 1 aliphatic rings. The summed E-state index contributed by atoms with van der Waals surface area (Å²) >= 11 is 0. The van der Waals surface area contributed by atoms with E-state index in [1.807, 2.05) is 0 Å². The zero-order valence-corrected chi connectivity index (χ0v) is 12.6. The van der Waals surface area contributed by atoms with E-state index in [0.717, 1.165) is 29.4 Å². The zero-order valence-electron chi connectivity index (χ0n) is 12.6. The van der Waals surface area contributed by atoms with E-state index >= 15 is 0 Å². The predicted molar refractivity (Wildman–Crippen MR) is 87.0 cm³/mol. The number of anilines is 1. The number of hydrogen-bond acceptors (Lipinski definition) is 2. The standard InChI is InChI=1S/C19H16FNO2/c20-16-6-1-2-7-17(16)21-19(22)10-14-11-23-18-9-13-5-3-4-12(13)8-15(14)18/h1-2,6-9,11H,3-5,10H2,(H,21,22). The number of halogens is 1. The molecule has 23 heavy (non-hydrogen) atoms. The van der Waals surface area contributed by atoms with Crippen LogP contribution in [0.1, 0.15) is 23.1 Å². The molecule has 3 aromatic rings. The monoisotopic (exact) mass is 309 g/mol. The van der Waals surface area contributed by atoms with Crippen molar-refractivity contribution in [1.29, 1.82) is 0 Å². The van der Waals surface area contributed by atoms with Crippen molar-refractivity contribution in [2.75, 3.05) is 5.32 Å². The molecular weight excluding hydrogens is 293 g/mol. The average molecular weight is 309 g/mol. The molecule has 1 heterocycles. The Morgan fingerprint density at radius 3 is 2.78 bits per heavy atom. The summed E-state index contributed by atoms with van der Waals surface area (Å²) in [5, 5.41) is 3.59. The highest BCUT2D eigenvalue weighted by molar-refractivity contribution is 5.95. The molecule has 1 N–H and O–H groups in total. The first-order valence-corrected chi connectivity index (χ1v) is 7.77. The third-order valence-electron chi connectivity index (χ3n) is 4.37. The van der Waals surface area contributed by atoms with Gasteiger partial charge in [0.2, 0.25) is 5.91 Å². The Balaban J connectivity index is 1.58. The molecule has 3 nitrogen and oxygen atoms in total. The number of nitrogens with one attached hydrogen (secondary N) is 1. The second-order valence-corrected chi connectivity index (χ2v) is 5.94. The Morgan fingerprint density at radius 2 is 1.96 bits per heavy atom. The van der Waals surface area contributed by atoms with Crippen LogP contribution in [0.2, 0.25) is 0 Å². The molecule has 0 unspecified atom stereocenters. The zero-order chi connectivity index (χ0) is 15.8. The maximum atomic E-state index is 13.6.